The molecule has 0 aliphatic heterocycles. The van der Waals surface area contributed by atoms with Crippen molar-refractivity contribution in [2.75, 3.05) is 12.3 Å². The predicted octanol–water partition coefficient (Wildman–Crippen LogP) is 4.05. The summed E-state index contributed by atoms with van der Waals surface area (Å²) in [6, 6.07) is 6.29. The number of pyridine rings is 1. The topological polar surface area (TPSA) is 74.4 Å². The van der Waals surface area contributed by atoms with Crippen molar-refractivity contribution in [1.82, 2.24) is 4.98 Å². The van der Waals surface area contributed by atoms with Gasteiger partial charge in [0.25, 0.3) is 0 Å². The normalized spacial score (nSPS) is 10.2. The maximum absolute atomic E-state index is 11.7. The molecule has 2 N–H and O–H groups in total. The number of nitrogens with two attached hydrogens (primary N) is 1. The average molecular weight is 372 g/mol. The van der Waals surface area contributed by atoms with Crippen LogP contribution in [0.3, 0.4) is 0 Å². The molecule has 1 aromatic heterocycles. The highest BCUT2D eigenvalue weighted by atomic mass is 79.9. The van der Waals surface area contributed by atoms with Crippen molar-refractivity contribution in [1.29, 1.82) is 0 Å². The van der Waals surface area contributed by atoms with Gasteiger partial charge < -0.3 is 15.2 Å². The van der Waals surface area contributed by atoms with Crippen molar-refractivity contribution in [3.63, 3.8) is 0 Å². The lowest BCUT2D eigenvalue weighted by Gasteiger charge is -2.11. The molecule has 0 spiro atoms. The fraction of sp³-hybridized carbons (Fsp3) is 0.143. The Kier molecular flexibility index (Phi) is 5.03. The number of anilines is 1. The van der Waals surface area contributed by atoms with E-state index in [2.05, 4.69) is 20.9 Å². The van der Waals surface area contributed by atoms with Gasteiger partial charge in [0.2, 0.25) is 0 Å². The van der Waals surface area contributed by atoms with Gasteiger partial charge in [0, 0.05) is 16.7 Å². The average Bonchev–Trinajstić information content (AvgIpc) is 2.45. The number of nitrogen functional groups attached to an aromatic ring is 1. The van der Waals surface area contributed by atoms with Crippen LogP contribution in [0.2, 0.25) is 5.02 Å². The summed E-state index contributed by atoms with van der Waals surface area (Å²) in [5.74, 6) is 0.413. The van der Waals surface area contributed by atoms with E-state index in [1.807, 2.05) is 0 Å². The number of nitrogens with zero attached hydrogens (tertiary/aromatic N) is 1. The Hall–Kier alpha value is -1.79. The molecule has 0 saturated heterocycles. The zero-order chi connectivity index (χ0) is 15.4. The zero-order valence-corrected chi connectivity index (χ0v) is 13.4. The monoisotopic (exact) mass is 370 g/mol. The molecule has 2 aromatic rings. The van der Waals surface area contributed by atoms with Crippen LogP contribution in [-0.4, -0.2) is 17.6 Å². The standard InChI is InChI=1S/C14H12BrClN2O3/c1-2-20-14(19)8-3-4-10(16)11(5-8)21-12-6-9(15)7-18-13(12)17/h3-7H,2H2,1H3,(H2,17,18). The van der Waals surface area contributed by atoms with Gasteiger partial charge in [0.1, 0.15) is 5.75 Å². The lowest BCUT2D eigenvalue weighted by molar-refractivity contribution is 0.0526. The minimum Gasteiger partial charge on any atom is -0.462 e. The van der Waals surface area contributed by atoms with E-state index in [0.717, 1.165) is 0 Å². The van der Waals surface area contributed by atoms with Gasteiger partial charge >= 0.3 is 5.97 Å². The number of aromatic nitrogens is 1. The van der Waals surface area contributed by atoms with E-state index >= 15 is 0 Å². The molecular weight excluding hydrogens is 360 g/mol. The SMILES string of the molecule is CCOC(=O)c1ccc(Cl)c(Oc2cc(Br)cnc2N)c1. The minimum absolute atomic E-state index is 0.218. The smallest absolute Gasteiger partial charge is 0.338 e. The lowest BCUT2D eigenvalue weighted by atomic mass is 10.2. The second-order valence-corrected chi connectivity index (χ2v) is 5.33. The number of carbonyl (C=O) groups excluding carboxylic acids is 1. The Morgan fingerprint density at radius 2 is 2.14 bits per heavy atom. The van der Waals surface area contributed by atoms with Crippen molar-refractivity contribution in [2.24, 2.45) is 0 Å². The van der Waals surface area contributed by atoms with Gasteiger partial charge in [-0.3, -0.25) is 0 Å². The van der Waals surface area contributed by atoms with E-state index in [1.54, 1.807) is 31.3 Å². The summed E-state index contributed by atoms with van der Waals surface area (Å²) in [6.07, 6.45) is 1.55. The van der Waals surface area contributed by atoms with Gasteiger partial charge in [-0.25, -0.2) is 9.78 Å². The molecule has 0 fully saturated rings. The van der Waals surface area contributed by atoms with Crippen molar-refractivity contribution < 1.29 is 14.3 Å². The number of rotatable bonds is 4. The number of ether oxygens (including phenoxy) is 2. The summed E-state index contributed by atoms with van der Waals surface area (Å²) >= 11 is 9.35. The van der Waals surface area contributed by atoms with Crippen LogP contribution in [-0.2, 0) is 4.74 Å². The first-order chi connectivity index (χ1) is 10.0. The first kappa shape index (κ1) is 15.6. The number of benzene rings is 1. The molecule has 0 aliphatic rings. The summed E-state index contributed by atoms with van der Waals surface area (Å²) in [4.78, 5) is 15.7. The summed E-state index contributed by atoms with van der Waals surface area (Å²) in [6.45, 7) is 2.03. The molecule has 0 atom stereocenters. The Bertz CT molecular complexity index is 679. The molecule has 5 nitrogen and oxygen atoms in total. The molecular formula is C14H12BrClN2O3. The van der Waals surface area contributed by atoms with E-state index in [-0.39, 0.29) is 5.82 Å². The fourth-order valence-electron chi connectivity index (χ4n) is 1.55. The van der Waals surface area contributed by atoms with Crippen LogP contribution in [0.25, 0.3) is 0 Å². The van der Waals surface area contributed by atoms with Gasteiger partial charge in [-0.05, 0) is 41.1 Å². The van der Waals surface area contributed by atoms with Crippen LogP contribution in [0, 0.1) is 0 Å². The van der Waals surface area contributed by atoms with Crippen LogP contribution in [0.1, 0.15) is 17.3 Å². The van der Waals surface area contributed by atoms with E-state index in [1.165, 1.54) is 6.07 Å². The van der Waals surface area contributed by atoms with Gasteiger partial charge in [-0.15, -0.1) is 0 Å². The molecule has 1 aromatic carbocycles. The second kappa shape index (κ2) is 6.78. The van der Waals surface area contributed by atoms with E-state index in [4.69, 9.17) is 26.8 Å². The maximum atomic E-state index is 11.7. The van der Waals surface area contributed by atoms with Gasteiger partial charge in [0.15, 0.2) is 11.6 Å². The maximum Gasteiger partial charge on any atom is 0.338 e. The second-order valence-electron chi connectivity index (χ2n) is 4.00. The zero-order valence-electron chi connectivity index (χ0n) is 11.1. The summed E-state index contributed by atoms with van der Waals surface area (Å²) in [5, 5.41) is 0.349. The highest BCUT2D eigenvalue weighted by Crippen LogP contribution is 2.33. The van der Waals surface area contributed by atoms with Gasteiger partial charge in [-0.2, -0.15) is 0 Å². The molecule has 0 aliphatic carbocycles. The highest BCUT2D eigenvalue weighted by molar-refractivity contribution is 9.10. The molecule has 110 valence electrons. The third-order valence-corrected chi connectivity index (χ3v) is 3.26. The Morgan fingerprint density at radius 1 is 1.38 bits per heavy atom. The first-order valence-corrected chi connectivity index (χ1v) is 7.24. The van der Waals surface area contributed by atoms with Gasteiger partial charge in [-0.1, -0.05) is 11.6 Å². The van der Waals surface area contributed by atoms with Crippen molar-refractivity contribution >= 4 is 39.3 Å². The molecule has 0 saturated carbocycles. The molecule has 7 heteroatoms. The largest absolute Gasteiger partial charge is 0.462 e. The van der Waals surface area contributed by atoms with Crippen LogP contribution in [0.4, 0.5) is 5.82 Å². The number of hydrogen-bond donors (Lipinski definition) is 1. The molecule has 21 heavy (non-hydrogen) atoms. The van der Waals surface area contributed by atoms with Crippen LogP contribution in [0.15, 0.2) is 34.9 Å². The highest BCUT2D eigenvalue weighted by Gasteiger charge is 2.13. The van der Waals surface area contributed by atoms with Crippen LogP contribution < -0.4 is 10.5 Å². The quantitative estimate of drug-likeness (QED) is 0.821. The van der Waals surface area contributed by atoms with Crippen molar-refractivity contribution in [2.45, 2.75) is 6.92 Å². The molecule has 0 unspecified atom stereocenters. The third-order valence-electron chi connectivity index (χ3n) is 2.51. The van der Waals surface area contributed by atoms with Crippen LogP contribution in [0.5, 0.6) is 11.5 Å². The molecule has 1 heterocycles. The summed E-state index contributed by atoms with van der Waals surface area (Å²) < 4.78 is 11.3. The Morgan fingerprint density at radius 3 is 2.86 bits per heavy atom. The number of carbonyl (C=O) groups is 1. The number of halogens is 2. The lowest BCUT2D eigenvalue weighted by Crippen LogP contribution is -2.04. The number of hydrogen-bond acceptors (Lipinski definition) is 5. The number of esters is 1. The summed E-state index contributed by atoms with van der Waals surface area (Å²) in [5.41, 5.74) is 6.09. The molecule has 0 bridgehead atoms. The van der Waals surface area contributed by atoms with E-state index in [0.29, 0.717) is 33.2 Å². The molecule has 2 rings (SSSR count). The summed E-state index contributed by atoms with van der Waals surface area (Å²) in [7, 11) is 0. The van der Waals surface area contributed by atoms with E-state index < -0.39 is 5.97 Å². The fourth-order valence-corrected chi connectivity index (χ4v) is 2.02. The van der Waals surface area contributed by atoms with Crippen LogP contribution >= 0.6 is 27.5 Å². The molecule has 0 radical (unpaired) electrons. The Balaban J connectivity index is 2.33. The Labute approximate surface area is 135 Å². The minimum atomic E-state index is -0.445. The molecule has 0 amide bonds. The van der Waals surface area contributed by atoms with Crippen molar-refractivity contribution in [3.8, 4) is 11.5 Å². The van der Waals surface area contributed by atoms with Crippen molar-refractivity contribution in [3.05, 3.63) is 45.5 Å². The van der Waals surface area contributed by atoms with Gasteiger partial charge in [0.05, 0.1) is 17.2 Å². The predicted molar refractivity (Wildman–Crippen MR) is 83.8 cm³/mol. The first-order valence-electron chi connectivity index (χ1n) is 6.06. The van der Waals surface area contributed by atoms with E-state index in [9.17, 15) is 4.79 Å². The third kappa shape index (κ3) is 3.86.